The molecule has 0 saturated carbocycles. The van der Waals surface area contributed by atoms with Gasteiger partial charge in [0.15, 0.2) is 5.82 Å². The van der Waals surface area contributed by atoms with Crippen molar-refractivity contribution in [2.24, 2.45) is 0 Å². The number of ether oxygens (including phenoxy) is 1. The van der Waals surface area contributed by atoms with E-state index in [1.165, 1.54) is 16.7 Å². The Kier molecular flexibility index (Phi) is 4.19. The van der Waals surface area contributed by atoms with Gasteiger partial charge >= 0.3 is 0 Å². The largest absolute Gasteiger partial charge is 0.486 e. The van der Waals surface area contributed by atoms with Crippen molar-refractivity contribution in [1.29, 1.82) is 0 Å². The van der Waals surface area contributed by atoms with Gasteiger partial charge in [-0.1, -0.05) is 53.7 Å². The monoisotopic (exact) mass is 350 g/mol. The van der Waals surface area contributed by atoms with Crippen LogP contribution in [0, 0.1) is 13.8 Å². The van der Waals surface area contributed by atoms with Crippen LogP contribution >= 0.6 is 11.8 Å². The first kappa shape index (κ1) is 15.8. The van der Waals surface area contributed by atoms with Crippen LogP contribution in [0.2, 0.25) is 0 Å². The molecule has 0 spiro atoms. The summed E-state index contributed by atoms with van der Waals surface area (Å²) in [5.74, 6) is 1.55. The van der Waals surface area contributed by atoms with Crippen LogP contribution in [-0.2, 0) is 6.61 Å². The van der Waals surface area contributed by atoms with Crippen LogP contribution in [0.25, 0.3) is 5.70 Å². The summed E-state index contributed by atoms with van der Waals surface area (Å²) in [6, 6.07) is 16.2. The van der Waals surface area contributed by atoms with E-state index in [4.69, 9.17) is 4.74 Å². The van der Waals surface area contributed by atoms with Crippen molar-refractivity contribution in [1.82, 2.24) is 14.9 Å². The third-order valence-corrected chi connectivity index (χ3v) is 4.83. The lowest BCUT2D eigenvalue weighted by atomic mass is 10.0. The second-order valence-electron chi connectivity index (χ2n) is 5.92. The van der Waals surface area contributed by atoms with Crippen molar-refractivity contribution in [3.05, 3.63) is 76.5 Å². The van der Waals surface area contributed by atoms with E-state index in [1.807, 2.05) is 35.0 Å². The molecule has 0 amide bonds. The molecule has 5 nitrogen and oxygen atoms in total. The lowest BCUT2D eigenvalue weighted by molar-refractivity contribution is 0.291. The molecule has 4 rings (SSSR count). The normalized spacial score (nSPS) is 13.0. The zero-order valence-electron chi connectivity index (χ0n) is 14.1. The molecular formula is C19H18N4OS. The average molecular weight is 350 g/mol. The van der Waals surface area contributed by atoms with Gasteiger partial charge < -0.3 is 4.74 Å². The quantitative estimate of drug-likeness (QED) is 0.767. The van der Waals surface area contributed by atoms with Gasteiger partial charge in [0.25, 0.3) is 0 Å². The van der Waals surface area contributed by atoms with Crippen molar-refractivity contribution in [2.45, 2.75) is 25.6 Å². The van der Waals surface area contributed by atoms with Crippen molar-refractivity contribution < 1.29 is 4.74 Å². The third-order valence-electron chi connectivity index (χ3n) is 4.00. The first-order chi connectivity index (χ1) is 12.2. The first-order valence-electron chi connectivity index (χ1n) is 8.04. The van der Waals surface area contributed by atoms with Gasteiger partial charge in [-0.15, -0.1) is 10.2 Å². The maximum Gasteiger partial charge on any atom is 0.214 e. The molecule has 0 saturated heterocycles. The molecule has 3 aromatic rings. The molecule has 0 bridgehead atoms. The Morgan fingerprint density at radius 3 is 2.72 bits per heavy atom. The highest BCUT2D eigenvalue weighted by molar-refractivity contribution is 8.02. The number of nitrogens with one attached hydrogen (secondary N) is 1. The van der Waals surface area contributed by atoms with E-state index in [2.05, 4.69) is 53.1 Å². The maximum absolute atomic E-state index is 5.80. The molecule has 0 aliphatic carbocycles. The van der Waals surface area contributed by atoms with Crippen LogP contribution in [0.15, 0.2) is 59.1 Å². The van der Waals surface area contributed by atoms with E-state index >= 15 is 0 Å². The van der Waals surface area contributed by atoms with Gasteiger partial charge in [0.05, 0.1) is 5.70 Å². The number of para-hydroxylation sites is 1. The number of hydrogen-bond donors (Lipinski definition) is 1. The second-order valence-corrected chi connectivity index (χ2v) is 6.75. The minimum atomic E-state index is 0.352. The molecule has 0 unspecified atom stereocenters. The van der Waals surface area contributed by atoms with E-state index in [0.717, 1.165) is 22.4 Å². The molecule has 1 N–H and O–H groups in total. The fourth-order valence-electron chi connectivity index (χ4n) is 2.74. The standard InChI is InChI=1S/C19H18N4OS/c1-13-8-9-16(14(2)10-13)17-12-25-19-21-20-18(23(19)22-17)11-24-15-6-4-3-5-7-15/h3-10,12,22H,11H2,1-2H3. The van der Waals surface area contributed by atoms with Gasteiger partial charge in [-0.25, -0.2) is 4.68 Å². The van der Waals surface area contributed by atoms with Gasteiger partial charge in [-0.05, 0) is 31.5 Å². The van der Waals surface area contributed by atoms with Crippen molar-refractivity contribution >= 4 is 17.5 Å². The summed E-state index contributed by atoms with van der Waals surface area (Å²) in [6.07, 6.45) is 0. The molecule has 1 aliphatic heterocycles. The van der Waals surface area contributed by atoms with Gasteiger partial charge in [-0.3, -0.25) is 5.43 Å². The van der Waals surface area contributed by atoms with Crippen molar-refractivity contribution in [3.8, 4) is 5.75 Å². The number of nitrogens with zero attached hydrogens (tertiary/aromatic N) is 3. The summed E-state index contributed by atoms with van der Waals surface area (Å²) < 4.78 is 7.70. The molecule has 1 aromatic heterocycles. The first-order valence-corrected chi connectivity index (χ1v) is 8.92. The molecule has 126 valence electrons. The molecule has 0 radical (unpaired) electrons. The van der Waals surface area contributed by atoms with Gasteiger partial charge in [0.1, 0.15) is 12.4 Å². The van der Waals surface area contributed by atoms with Crippen LogP contribution < -0.4 is 10.2 Å². The Hall–Kier alpha value is -2.73. The second kappa shape index (κ2) is 6.64. The number of fused-ring (bicyclic) bond motifs is 1. The Balaban J connectivity index is 1.55. The number of aryl methyl sites for hydroxylation is 2. The highest BCUT2D eigenvalue weighted by Gasteiger charge is 2.19. The Morgan fingerprint density at radius 1 is 1.08 bits per heavy atom. The molecule has 0 atom stereocenters. The third kappa shape index (κ3) is 3.25. The Bertz CT molecular complexity index is 934. The summed E-state index contributed by atoms with van der Waals surface area (Å²) in [7, 11) is 0. The van der Waals surface area contributed by atoms with Crippen LogP contribution in [0.1, 0.15) is 22.5 Å². The van der Waals surface area contributed by atoms with Crippen LogP contribution in [0.5, 0.6) is 5.75 Å². The minimum absolute atomic E-state index is 0.352. The zero-order chi connectivity index (χ0) is 17.2. The predicted molar refractivity (Wildman–Crippen MR) is 99.9 cm³/mol. The Morgan fingerprint density at radius 2 is 1.92 bits per heavy atom. The molecule has 2 aromatic carbocycles. The van der Waals surface area contributed by atoms with E-state index in [1.54, 1.807) is 11.8 Å². The molecule has 25 heavy (non-hydrogen) atoms. The van der Waals surface area contributed by atoms with Gasteiger partial charge in [0.2, 0.25) is 5.16 Å². The van der Waals surface area contributed by atoms with E-state index in [0.29, 0.717) is 6.61 Å². The molecule has 1 aliphatic rings. The zero-order valence-corrected chi connectivity index (χ0v) is 14.9. The molecule has 0 fully saturated rings. The van der Waals surface area contributed by atoms with Crippen molar-refractivity contribution in [3.63, 3.8) is 0 Å². The number of benzene rings is 2. The van der Waals surface area contributed by atoms with Crippen LogP contribution in [0.4, 0.5) is 0 Å². The molecule has 6 heteroatoms. The van der Waals surface area contributed by atoms with Gasteiger partial charge in [-0.2, -0.15) is 0 Å². The minimum Gasteiger partial charge on any atom is -0.486 e. The smallest absolute Gasteiger partial charge is 0.214 e. The lowest BCUT2D eigenvalue weighted by Crippen LogP contribution is -2.21. The van der Waals surface area contributed by atoms with E-state index in [9.17, 15) is 0 Å². The highest BCUT2D eigenvalue weighted by atomic mass is 32.2. The van der Waals surface area contributed by atoms with E-state index < -0.39 is 0 Å². The van der Waals surface area contributed by atoms with Gasteiger partial charge in [0, 0.05) is 11.0 Å². The maximum atomic E-state index is 5.80. The summed E-state index contributed by atoms with van der Waals surface area (Å²) in [6.45, 7) is 4.58. The predicted octanol–water partition coefficient (Wildman–Crippen LogP) is 4.12. The SMILES string of the molecule is Cc1ccc(C2=CSc3nnc(COc4ccccc4)n3N2)c(C)c1. The fourth-order valence-corrected chi connectivity index (χ4v) is 3.49. The number of thioether (sulfide) groups is 1. The Labute approximate surface area is 150 Å². The fraction of sp³-hybridized carbons (Fsp3) is 0.158. The number of rotatable bonds is 4. The summed E-state index contributed by atoms with van der Waals surface area (Å²) in [5, 5.41) is 11.3. The van der Waals surface area contributed by atoms with Crippen LogP contribution in [0.3, 0.4) is 0 Å². The summed E-state index contributed by atoms with van der Waals surface area (Å²) in [4.78, 5) is 0. The summed E-state index contributed by atoms with van der Waals surface area (Å²) >= 11 is 1.56. The van der Waals surface area contributed by atoms with Crippen LogP contribution in [-0.4, -0.2) is 14.9 Å². The topological polar surface area (TPSA) is 52.0 Å². The summed E-state index contributed by atoms with van der Waals surface area (Å²) in [5.41, 5.74) is 8.11. The van der Waals surface area contributed by atoms with Crippen molar-refractivity contribution in [2.75, 3.05) is 5.43 Å². The molecule has 2 heterocycles. The average Bonchev–Trinajstić information content (AvgIpc) is 3.03. The number of hydrogen-bond acceptors (Lipinski definition) is 5. The molecular weight excluding hydrogens is 332 g/mol. The van der Waals surface area contributed by atoms with E-state index in [-0.39, 0.29) is 0 Å². The highest BCUT2D eigenvalue weighted by Crippen LogP contribution is 2.30. The lowest BCUT2D eigenvalue weighted by Gasteiger charge is -2.20. The number of aromatic nitrogens is 3.